The third-order valence-electron chi connectivity index (χ3n) is 4.78. The van der Waals surface area contributed by atoms with Gasteiger partial charge in [-0.1, -0.05) is 13.8 Å². The Bertz CT molecular complexity index is 237. The number of hydrogen-bond donors (Lipinski definition) is 1. The number of ether oxygens (including phenoxy) is 2. The van der Waals surface area contributed by atoms with Gasteiger partial charge < -0.3 is 14.8 Å². The van der Waals surface area contributed by atoms with Crippen LogP contribution in [0.3, 0.4) is 0 Å². The standard InChI is InChI=1S/C16H33NO2/c1-6-19-16(10-7-13(2)8-11-16)15(17-4)14(3)9-12-18-5/h13-15,17H,6-12H2,1-5H3. The van der Waals surface area contributed by atoms with Crippen molar-refractivity contribution >= 4 is 0 Å². The predicted molar refractivity (Wildman–Crippen MR) is 80.5 cm³/mol. The minimum Gasteiger partial charge on any atom is -0.385 e. The molecule has 1 rings (SSSR count). The molecule has 1 N–H and O–H groups in total. The second kappa shape index (κ2) is 8.23. The lowest BCUT2D eigenvalue weighted by atomic mass is 9.71. The van der Waals surface area contributed by atoms with E-state index in [1.54, 1.807) is 7.11 Å². The summed E-state index contributed by atoms with van der Waals surface area (Å²) in [6, 6.07) is 0.426. The van der Waals surface area contributed by atoms with Crippen LogP contribution in [0.4, 0.5) is 0 Å². The smallest absolute Gasteiger partial charge is 0.0837 e. The van der Waals surface area contributed by atoms with E-state index in [1.807, 2.05) is 0 Å². The summed E-state index contributed by atoms with van der Waals surface area (Å²) in [5, 5.41) is 3.54. The zero-order valence-corrected chi connectivity index (χ0v) is 13.5. The maximum Gasteiger partial charge on any atom is 0.0837 e. The molecule has 0 heterocycles. The van der Waals surface area contributed by atoms with Crippen LogP contribution in [0.1, 0.15) is 52.9 Å². The fourth-order valence-corrected chi connectivity index (χ4v) is 3.62. The lowest BCUT2D eigenvalue weighted by Crippen LogP contribution is -2.56. The van der Waals surface area contributed by atoms with E-state index in [0.717, 1.165) is 25.6 Å². The topological polar surface area (TPSA) is 30.5 Å². The Morgan fingerprint density at radius 3 is 2.42 bits per heavy atom. The molecule has 0 saturated heterocycles. The third-order valence-corrected chi connectivity index (χ3v) is 4.78. The molecule has 0 aromatic rings. The summed E-state index contributed by atoms with van der Waals surface area (Å²) in [6.45, 7) is 8.44. The first-order valence-electron chi connectivity index (χ1n) is 7.89. The molecule has 2 atom stereocenters. The summed E-state index contributed by atoms with van der Waals surface area (Å²) in [4.78, 5) is 0. The van der Waals surface area contributed by atoms with Crippen molar-refractivity contribution in [3.63, 3.8) is 0 Å². The van der Waals surface area contributed by atoms with Crippen LogP contribution >= 0.6 is 0 Å². The molecule has 19 heavy (non-hydrogen) atoms. The molecule has 2 unspecified atom stereocenters. The highest BCUT2D eigenvalue weighted by molar-refractivity contribution is 4.98. The van der Waals surface area contributed by atoms with Gasteiger partial charge in [-0.3, -0.25) is 0 Å². The van der Waals surface area contributed by atoms with Gasteiger partial charge in [-0.15, -0.1) is 0 Å². The van der Waals surface area contributed by atoms with Gasteiger partial charge >= 0.3 is 0 Å². The third kappa shape index (κ3) is 4.44. The van der Waals surface area contributed by atoms with Gasteiger partial charge in [-0.05, 0) is 57.9 Å². The van der Waals surface area contributed by atoms with E-state index in [0.29, 0.717) is 12.0 Å². The molecular weight excluding hydrogens is 238 g/mol. The lowest BCUT2D eigenvalue weighted by Gasteiger charge is -2.47. The molecule has 0 radical (unpaired) electrons. The van der Waals surface area contributed by atoms with Gasteiger partial charge in [-0.25, -0.2) is 0 Å². The SMILES string of the molecule is CCOC1(C(NC)C(C)CCOC)CCC(C)CC1. The number of rotatable bonds is 8. The van der Waals surface area contributed by atoms with Gasteiger partial charge in [0.2, 0.25) is 0 Å². The zero-order chi connectivity index (χ0) is 14.3. The van der Waals surface area contributed by atoms with Crippen molar-refractivity contribution in [1.82, 2.24) is 5.32 Å². The van der Waals surface area contributed by atoms with Gasteiger partial charge in [0.25, 0.3) is 0 Å². The van der Waals surface area contributed by atoms with E-state index >= 15 is 0 Å². The zero-order valence-electron chi connectivity index (χ0n) is 13.5. The van der Waals surface area contributed by atoms with Crippen molar-refractivity contribution in [2.24, 2.45) is 11.8 Å². The maximum absolute atomic E-state index is 6.27. The number of hydrogen-bond acceptors (Lipinski definition) is 3. The monoisotopic (exact) mass is 271 g/mol. The fourth-order valence-electron chi connectivity index (χ4n) is 3.62. The number of likely N-dealkylation sites (N-methyl/N-ethyl adjacent to an activating group) is 1. The quantitative estimate of drug-likeness (QED) is 0.735. The Hall–Kier alpha value is -0.120. The molecule has 1 aliphatic carbocycles. The average Bonchev–Trinajstić information content (AvgIpc) is 2.41. The van der Waals surface area contributed by atoms with Crippen molar-refractivity contribution in [3.05, 3.63) is 0 Å². The van der Waals surface area contributed by atoms with Gasteiger partial charge in [0.15, 0.2) is 0 Å². The van der Waals surface area contributed by atoms with Crippen molar-refractivity contribution in [1.29, 1.82) is 0 Å². The molecule has 0 spiro atoms. The van der Waals surface area contributed by atoms with Crippen LogP contribution in [-0.2, 0) is 9.47 Å². The first-order chi connectivity index (χ1) is 9.09. The normalized spacial score (nSPS) is 31.1. The van der Waals surface area contributed by atoms with Crippen LogP contribution in [0, 0.1) is 11.8 Å². The minimum atomic E-state index is 0.0309. The predicted octanol–water partition coefficient (Wildman–Crippen LogP) is 3.23. The highest BCUT2D eigenvalue weighted by Gasteiger charge is 2.43. The van der Waals surface area contributed by atoms with Crippen LogP contribution in [0.5, 0.6) is 0 Å². The van der Waals surface area contributed by atoms with E-state index in [9.17, 15) is 0 Å². The van der Waals surface area contributed by atoms with Crippen LogP contribution in [0.2, 0.25) is 0 Å². The van der Waals surface area contributed by atoms with Crippen molar-refractivity contribution in [2.75, 3.05) is 27.4 Å². The summed E-state index contributed by atoms with van der Waals surface area (Å²) in [7, 11) is 3.86. The highest BCUT2D eigenvalue weighted by Crippen LogP contribution is 2.39. The molecule has 1 fully saturated rings. The molecule has 1 aliphatic rings. The van der Waals surface area contributed by atoms with E-state index < -0.39 is 0 Å². The van der Waals surface area contributed by atoms with E-state index in [-0.39, 0.29) is 5.60 Å². The van der Waals surface area contributed by atoms with Crippen LogP contribution in [0.15, 0.2) is 0 Å². The summed E-state index contributed by atoms with van der Waals surface area (Å²) in [5.74, 6) is 1.42. The largest absolute Gasteiger partial charge is 0.385 e. The van der Waals surface area contributed by atoms with Gasteiger partial charge in [0.1, 0.15) is 0 Å². The molecule has 0 aromatic carbocycles. The molecule has 3 nitrogen and oxygen atoms in total. The summed E-state index contributed by atoms with van der Waals surface area (Å²) in [6.07, 6.45) is 6.03. The Balaban J connectivity index is 2.75. The maximum atomic E-state index is 6.27. The molecule has 0 aliphatic heterocycles. The van der Waals surface area contributed by atoms with Gasteiger partial charge in [0.05, 0.1) is 5.60 Å². The first kappa shape index (κ1) is 16.9. The number of methoxy groups -OCH3 is 1. The van der Waals surface area contributed by atoms with Crippen molar-refractivity contribution < 1.29 is 9.47 Å². The molecule has 1 saturated carbocycles. The molecular formula is C16H33NO2. The Morgan fingerprint density at radius 1 is 1.32 bits per heavy atom. The summed E-state index contributed by atoms with van der Waals surface area (Å²) >= 11 is 0. The summed E-state index contributed by atoms with van der Waals surface area (Å²) in [5.41, 5.74) is 0.0309. The average molecular weight is 271 g/mol. The van der Waals surface area contributed by atoms with Crippen LogP contribution in [-0.4, -0.2) is 39.0 Å². The lowest BCUT2D eigenvalue weighted by molar-refractivity contribution is -0.107. The van der Waals surface area contributed by atoms with Crippen molar-refractivity contribution in [2.45, 2.75) is 64.5 Å². The second-order valence-corrected chi connectivity index (χ2v) is 6.21. The molecule has 0 amide bonds. The van der Waals surface area contributed by atoms with Crippen LogP contribution in [0.25, 0.3) is 0 Å². The molecule has 114 valence electrons. The van der Waals surface area contributed by atoms with Crippen molar-refractivity contribution in [3.8, 4) is 0 Å². The summed E-state index contributed by atoms with van der Waals surface area (Å²) < 4.78 is 11.5. The Kier molecular flexibility index (Phi) is 7.33. The number of nitrogens with one attached hydrogen (secondary N) is 1. The molecule has 0 bridgehead atoms. The Labute approximate surface area is 119 Å². The van der Waals surface area contributed by atoms with Crippen LogP contribution < -0.4 is 5.32 Å². The van der Waals surface area contributed by atoms with E-state index in [1.165, 1.54) is 25.7 Å². The van der Waals surface area contributed by atoms with Gasteiger partial charge in [-0.2, -0.15) is 0 Å². The molecule has 3 heteroatoms. The van der Waals surface area contributed by atoms with E-state index in [4.69, 9.17) is 9.47 Å². The minimum absolute atomic E-state index is 0.0309. The fraction of sp³-hybridized carbons (Fsp3) is 1.00. The first-order valence-corrected chi connectivity index (χ1v) is 7.89. The van der Waals surface area contributed by atoms with Gasteiger partial charge in [0, 0.05) is 26.4 Å². The van der Waals surface area contributed by atoms with E-state index in [2.05, 4.69) is 33.1 Å². The Morgan fingerprint density at radius 2 is 1.95 bits per heavy atom. The second-order valence-electron chi connectivity index (χ2n) is 6.21. The molecule has 0 aromatic heterocycles. The highest BCUT2D eigenvalue weighted by atomic mass is 16.5.